The first-order valence-corrected chi connectivity index (χ1v) is 7.53. The van der Waals surface area contributed by atoms with Crippen LogP contribution in [0.5, 0.6) is 17.2 Å². The predicted molar refractivity (Wildman–Crippen MR) is 91.3 cm³/mol. The van der Waals surface area contributed by atoms with Crippen LogP contribution in [0.25, 0.3) is 10.9 Å². The summed E-state index contributed by atoms with van der Waals surface area (Å²) in [6, 6.07) is 10.8. The first kappa shape index (κ1) is 17.7. The van der Waals surface area contributed by atoms with Crippen molar-refractivity contribution >= 4 is 22.3 Å². The minimum absolute atomic E-state index is 0.283. The second-order valence-corrected chi connectivity index (χ2v) is 5.28. The minimum Gasteiger partial charge on any atom is -0.493 e. The zero-order valence-electron chi connectivity index (χ0n) is 13.9. The van der Waals surface area contributed by atoms with Gasteiger partial charge in [0.15, 0.2) is 11.5 Å². The zero-order valence-corrected chi connectivity index (χ0v) is 13.9. The fraction of sp³-hybridized carbons (Fsp3) is 0.167. The minimum atomic E-state index is -4.72. The number of anilines is 2. The smallest absolute Gasteiger partial charge is 0.493 e. The molecule has 2 aromatic carbocycles. The summed E-state index contributed by atoms with van der Waals surface area (Å²) in [5.74, 6) is 0.817. The van der Waals surface area contributed by atoms with Crippen LogP contribution in [-0.4, -0.2) is 25.6 Å². The third kappa shape index (κ3) is 3.90. The van der Waals surface area contributed by atoms with E-state index in [1.165, 1.54) is 38.5 Å². The monoisotopic (exact) mass is 364 g/mol. The van der Waals surface area contributed by atoms with Crippen molar-refractivity contribution in [3.05, 3.63) is 48.7 Å². The molecule has 3 rings (SSSR count). The number of hydrogen-bond donors (Lipinski definition) is 1. The second-order valence-electron chi connectivity index (χ2n) is 5.28. The molecule has 136 valence electrons. The average molecular weight is 364 g/mol. The first-order chi connectivity index (χ1) is 12.4. The molecule has 0 unspecified atom stereocenters. The number of ether oxygens (including phenoxy) is 3. The zero-order chi connectivity index (χ0) is 18.7. The molecule has 0 radical (unpaired) electrons. The summed E-state index contributed by atoms with van der Waals surface area (Å²) in [5, 5.41) is 3.93. The maximum Gasteiger partial charge on any atom is 0.573 e. The fourth-order valence-corrected chi connectivity index (χ4v) is 2.48. The Hall–Kier alpha value is -3.16. The van der Waals surface area contributed by atoms with Gasteiger partial charge in [0, 0.05) is 29.0 Å². The molecule has 5 nitrogen and oxygen atoms in total. The average Bonchev–Trinajstić information content (AvgIpc) is 2.61. The number of benzene rings is 2. The molecule has 26 heavy (non-hydrogen) atoms. The fourth-order valence-electron chi connectivity index (χ4n) is 2.48. The summed E-state index contributed by atoms with van der Waals surface area (Å²) in [4.78, 5) is 4.30. The summed E-state index contributed by atoms with van der Waals surface area (Å²) < 4.78 is 51.1. The molecule has 1 heterocycles. The van der Waals surface area contributed by atoms with Crippen LogP contribution in [0.3, 0.4) is 0 Å². The van der Waals surface area contributed by atoms with E-state index in [0.29, 0.717) is 22.7 Å². The number of nitrogens with one attached hydrogen (secondary N) is 1. The van der Waals surface area contributed by atoms with E-state index in [0.717, 1.165) is 11.1 Å². The van der Waals surface area contributed by atoms with Crippen molar-refractivity contribution in [3.8, 4) is 17.2 Å². The van der Waals surface area contributed by atoms with Crippen molar-refractivity contribution in [2.75, 3.05) is 19.5 Å². The normalized spacial score (nSPS) is 11.3. The van der Waals surface area contributed by atoms with Crippen LogP contribution in [-0.2, 0) is 0 Å². The van der Waals surface area contributed by atoms with Crippen LogP contribution in [0.4, 0.5) is 24.5 Å². The molecule has 0 atom stereocenters. The van der Waals surface area contributed by atoms with Crippen molar-refractivity contribution in [1.29, 1.82) is 0 Å². The van der Waals surface area contributed by atoms with E-state index in [1.807, 2.05) is 0 Å². The Labute approximate surface area is 147 Å². The van der Waals surface area contributed by atoms with E-state index in [1.54, 1.807) is 24.4 Å². The molecule has 0 bridgehead atoms. The molecule has 0 aliphatic carbocycles. The van der Waals surface area contributed by atoms with Crippen LogP contribution in [0.2, 0.25) is 0 Å². The highest BCUT2D eigenvalue weighted by Gasteiger charge is 2.30. The van der Waals surface area contributed by atoms with Crippen LogP contribution in [0.1, 0.15) is 0 Å². The largest absolute Gasteiger partial charge is 0.573 e. The molecular formula is C18H15F3N2O3. The molecule has 1 aromatic heterocycles. The predicted octanol–water partition coefficient (Wildman–Crippen LogP) is 4.89. The van der Waals surface area contributed by atoms with Crippen LogP contribution in [0.15, 0.2) is 48.7 Å². The second kappa shape index (κ2) is 6.99. The lowest BCUT2D eigenvalue weighted by Gasteiger charge is -2.13. The van der Waals surface area contributed by atoms with Gasteiger partial charge in [0.2, 0.25) is 0 Å². The Morgan fingerprint density at radius 1 is 0.923 bits per heavy atom. The molecule has 0 amide bonds. The molecular weight excluding hydrogens is 349 g/mol. The van der Waals surface area contributed by atoms with Gasteiger partial charge in [0.1, 0.15) is 5.75 Å². The number of halogens is 3. The van der Waals surface area contributed by atoms with Gasteiger partial charge in [-0.3, -0.25) is 4.98 Å². The number of nitrogens with zero attached hydrogens (tertiary/aromatic N) is 1. The van der Waals surface area contributed by atoms with Crippen molar-refractivity contribution in [1.82, 2.24) is 4.98 Å². The SMILES string of the molecule is COc1cc2nccc(Nc3ccc(OC(F)(F)F)cc3)c2cc1OC. The molecule has 0 spiro atoms. The van der Waals surface area contributed by atoms with Gasteiger partial charge in [0.05, 0.1) is 19.7 Å². The maximum absolute atomic E-state index is 12.2. The summed E-state index contributed by atoms with van der Waals surface area (Å²) in [7, 11) is 3.07. The quantitative estimate of drug-likeness (QED) is 0.698. The van der Waals surface area contributed by atoms with Gasteiger partial charge in [-0.25, -0.2) is 0 Å². The summed E-state index contributed by atoms with van der Waals surface area (Å²) in [5.41, 5.74) is 2.01. The number of rotatable bonds is 5. The topological polar surface area (TPSA) is 52.6 Å². The van der Waals surface area contributed by atoms with Crippen molar-refractivity contribution < 1.29 is 27.4 Å². The lowest BCUT2D eigenvalue weighted by Crippen LogP contribution is -2.16. The maximum atomic E-state index is 12.2. The van der Waals surface area contributed by atoms with Crippen LogP contribution >= 0.6 is 0 Å². The highest BCUT2D eigenvalue weighted by molar-refractivity contribution is 5.95. The van der Waals surface area contributed by atoms with Crippen LogP contribution < -0.4 is 19.5 Å². The van der Waals surface area contributed by atoms with Gasteiger partial charge in [-0.1, -0.05) is 0 Å². The number of methoxy groups -OCH3 is 2. The van der Waals surface area contributed by atoms with E-state index in [9.17, 15) is 13.2 Å². The molecule has 1 N–H and O–H groups in total. The molecule has 0 saturated heterocycles. The van der Waals surface area contributed by atoms with E-state index in [4.69, 9.17) is 9.47 Å². The van der Waals surface area contributed by atoms with E-state index in [-0.39, 0.29) is 5.75 Å². The Kier molecular flexibility index (Phi) is 4.75. The van der Waals surface area contributed by atoms with Crippen molar-refractivity contribution in [2.45, 2.75) is 6.36 Å². The van der Waals surface area contributed by atoms with Gasteiger partial charge in [-0.15, -0.1) is 13.2 Å². The van der Waals surface area contributed by atoms with Crippen molar-refractivity contribution in [2.24, 2.45) is 0 Å². The van der Waals surface area contributed by atoms with Crippen molar-refractivity contribution in [3.63, 3.8) is 0 Å². The highest BCUT2D eigenvalue weighted by atomic mass is 19.4. The molecule has 0 saturated carbocycles. The van der Waals surface area contributed by atoms with Gasteiger partial charge in [-0.2, -0.15) is 0 Å². The summed E-state index contributed by atoms with van der Waals surface area (Å²) in [6.45, 7) is 0. The number of aromatic nitrogens is 1. The Morgan fingerprint density at radius 3 is 2.19 bits per heavy atom. The summed E-state index contributed by atoms with van der Waals surface area (Å²) >= 11 is 0. The van der Waals surface area contributed by atoms with E-state index in [2.05, 4.69) is 15.0 Å². The lowest BCUT2D eigenvalue weighted by atomic mass is 10.1. The number of hydrogen-bond acceptors (Lipinski definition) is 5. The van der Waals surface area contributed by atoms with Gasteiger partial charge in [0.25, 0.3) is 0 Å². The lowest BCUT2D eigenvalue weighted by molar-refractivity contribution is -0.274. The molecule has 0 aliphatic heterocycles. The molecule has 3 aromatic rings. The number of alkyl halides is 3. The van der Waals surface area contributed by atoms with E-state index >= 15 is 0 Å². The molecule has 0 aliphatic rings. The number of pyridine rings is 1. The first-order valence-electron chi connectivity index (χ1n) is 7.53. The number of fused-ring (bicyclic) bond motifs is 1. The Balaban J connectivity index is 1.91. The standard InChI is InChI=1S/C18H15F3N2O3/c1-24-16-9-13-14(7-8-22-15(13)10-17(16)25-2)23-11-3-5-12(6-4-11)26-18(19,20)21/h3-10H,1-2H3,(H,22,23). The Morgan fingerprint density at radius 2 is 1.58 bits per heavy atom. The van der Waals surface area contributed by atoms with E-state index < -0.39 is 6.36 Å². The van der Waals surface area contributed by atoms with Crippen LogP contribution in [0, 0.1) is 0 Å². The third-order valence-corrected chi connectivity index (χ3v) is 3.61. The Bertz CT molecular complexity index is 912. The summed E-state index contributed by atoms with van der Waals surface area (Å²) in [6.07, 6.45) is -3.09. The van der Waals surface area contributed by atoms with Gasteiger partial charge in [-0.05, 0) is 36.4 Å². The molecule has 8 heteroatoms. The van der Waals surface area contributed by atoms with Gasteiger partial charge >= 0.3 is 6.36 Å². The third-order valence-electron chi connectivity index (χ3n) is 3.61. The molecule has 0 fully saturated rings. The highest BCUT2D eigenvalue weighted by Crippen LogP contribution is 2.35. The van der Waals surface area contributed by atoms with Gasteiger partial charge < -0.3 is 19.5 Å².